The summed E-state index contributed by atoms with van der Waals surface area (Å²) in [5.74, 6) is 0.473. The first-order chi connectivity index (χ1) is 10.1. The summed E-state index contributed by atoms with van der Waals surface area (Å²) in [4.78, 5) is 20.2. The van der Waals surface area contributed by atoms with Gasteiger partial charge in [0.15, 0.2) is 0 Å². The quantitative estimate of drug-likeness (QED) is 0.552. The van der Waals surface area contributed by atoms with E-state index in [1.165, 1.54) is 11.8 Å². The fraction of sp³-hybridized carbons (Fsp3) is 0.0667. The van der Waals surface area contributed by atoms with E-state index in [9.17, 15) is 4.79 Å². The first-order valence-corrected chi connectivity index (χ1v) is 8.07. The molecular weight excluding hydrogens is 350 g/mol. The summed E-state index contributed by atoms with van der Waals surface area (Å²) in [5, 5.41) is 0. The van der Waals surface area contributed by atoms with Crippen LogP contribution in [0.15, 0.2) is 56.6 Å². The zero-order chi connectivity index (χ0) is 14.8. The topological polar surface area (TPSA) is 71.8 Å². The number of halogens is 1. The summed E-state index contributed by atoms with van der Waals surface area (Å²) in [6.07, 6.45) is 0. The number of benzene rings is 2. The smallest absolute Gasteiger partial charge is 0.271 e. The molecule has 3 N–H and O–H groups in total. The van der Waals surface area contributed by atoms with Crippen LogP contribution in [0.1, 0.15) is 5.69 Å². The van der Waals surface area contributed by atoms with Crippen LogP contribution in [0.3, 0.4) is 0 Å². The molecule has 0 fully saturated rings. The molecule has 0 radical (unpaired) electrons. The van der Waals surface area contributed by atoms with Crippen molar-refractivity contribution in [1.82, 2.24) is 9.97 Å². The number of hydrogen-bond acceptors (Lipinski definition) is 4. The van der Waals surface area contributed by atoms with E-state index < -0.39 is 0 Å². The monoisotopic (exact) mass is 361 g/mol. The maximum absolute atomic E-state index is 12.0. The fourth-order valence-electron chi connectivity index (χ4n) is 1.94. The first-order valence-electron chi connectivity index (χ1n) is 6.29. The second kappa shape index (κ2) is 5.91. The van der Waals surface area contributed by atoms with Crippen LogP contribution in [-0.4, -0.2) is 9.97 Å². The number of nitrogens with one attached hydrogen (secondary N) is 1. The lowest BCUT2D eigenvalue weighted by molar-refractivity contribution is 1.10. The average Bonchev–Trinajstić information content (AvgIpc) is 2.48. The lowest BCUT2D eigenvalue weighted by atomic mass is 10.3. The average molecular weight is 362 g/mol. The Labute approximate surface area is 133 Å². The summed E-state index contributed by atoms with van der Waals surface area (Å²) < 4.78 is 0.958. The van der Waals surface area contributed by atoms with Gasteiger partial charge in [-0.3, -0.25) is 4.79 Å². The molecule has 0 bridgehead atoms. The highest BCUT2D eigenvalue weighted by atomic mass is 79.9. The Balaban J connectivity index is 1.90. The number of nitrogens with zero attached hydrogens (tertiary/aromatic N) is 1. The number of nitrogen functional groups attached to an aromatic ring is 1. The maximum Gasteiger partial charge on any atom is 0.271 e. The highest BCUT2D eigenvalue weighted by molar-refractivity contribution is 9.10. The summed E-state index contributed by atoms with van der Waals surface area (Å²) in [6, 6.07) is 13.2. The SMILES string of the molecule is Nc1ccc(Br)cc1SCc1nc2ccccc2[nH]c1=O. The van der Waals surface area contributed by atoms with Gasteiger partial charge in [0.2, 0.25) is 0 Å². The molecule has 0 aliphatic rings. The molecule has 3 rings (SSSR count). The van der Waals surface area contributed by atoms with Gasteiger partial charge in [-0.15, -0.1) is 11.8 Å². The molecule has 1 aromatic heterocycles. The zero-order valence-corrected chi connectivity index (χ0v) is 13.4. The summed E-state index contributed by atoms with van der Waals surface area (Å²) in [7, 11) is 0. The lowest BCUT2D eigenvalue weighted by Gasteiger charge is -2.06. The highest BCUT2D eigenvalue weighted by Gasteiger charge is 2.07. The van der Waals surface area contributed by atoms with E-state index in [0.29, 0.717) is 17.1 Å². The lowest BCUT2D eigenvalue weighted by Crippen LogP contribution is -2.14. The summed E-state index contributed by atoms with van der Waals surface area (Å²) >= 11 is 4.92. The van der Waals surface area contributed by atoms with Gasteiger partial charge in [0.1, 0.15) is 5.69 Å². The molecule has 0 unspecified atom stereocenters. The van der Waals surface area contributed by atoms with Crippen molar-refractivity contribution in [2.75, 3.05) is 5.73 Å². The fourth-order valence-corrected chi connectivity index (χ4v) is 3.39. The van der Waals surface area contributed by atoms with Crippen molar-refractivity contribution in [3.8, 4) is 0 Å². The van der Waals surface area contributed by atoms with Crippen LogP contribution < -0.4 is 11.3 Å². The van der Waals surface area contributed by atoms with Crippen LogP contribution in [0.25, 0.3) is 11.0 Å². The molecule has 0 saturated carbocycles. The number of H-pyrrole nitrogens is 1. The van der Waals surface area contributed by atoms with Gasteiger partial charge < -0.3 is 10.7 Å². The minimum absolute atomic E-state index is 0.158. The molecule has 3 aromatic rings. The van der Waals surface area contributed by atoms with Crippen LogP contribution in [0, 0.1) is 0 Å². The van der Waals surface area contributed by atoms with Crippen LogP contribution >= 0.6 is 27.7 Å². The van der Waals surface area contributed by atoms with Crippen molar-refractivity contribution in [2.45, 2.75) is 10.6 Å². The van der Waals surface area contributed by atoms with E-state index in [0.717, 1.165) is 20.4 Å². The molecular formula is C15H12BrN3OS. The number of fused-ring (bicyclic) bond motifs is 1. The predicted molar refractivity (Wildman–Crippen MR) is 90.5 cm³/mol. The van der Waals surface area contributed by atoms with Crippen molar-refractivity contribution < 1.29 is 0 Å². The van der Waals surface area contributed by atoms with Crippen LogP contribution in [0.2, 0.25) is 0 Å². The minimum atomic E-state index is -0.158. The number of thioether (sulfide) groups is 1. The van der Waals surface area contributed by atoms with Crippen LogP contribution in [0.4, 0.5) is 5.69 Å². The van der Waals surface area contributed by atoms with Crippen molar-refractivity contribution in [3.05, 3.63) is 63.0 Å². The van der Waals surface area contributed by atoms with Crippen molar-refractivity contribution in [1.29, 1.82) is 0 Å². The van der Waals surface area contributed by atoms with Gasteiger partial charge in [0.25, 0.3) is 5.56 Å². The van der Waals surface area contributed by atoms with E-state index in [4.69, 9.17) is 5.73 Å². The Morgan fingerprint density at radius 1 is 1.24 bits per heavy atom. The number of aromatic nitrogens is 2. The van der Waals surface area contributed by atoms with Crippen LogP contribution in [-0.2, 0) is 5.75 Å². The third-order valence-electron chi connectivity index (χ3n) is 3.01. The molecule has 21 heavy (non-hydrogen) atoms. The molecule has 0 aliphatic heterocycles. The largest absolute Gasteiger partial charge is 0.398 e. The Morgan fingerprint density at radius 3 is 2.90 bits per heavy atom. The summed E-state index contributed by atoms with van der Waals surface area (Å²) in [5.41, 5.74) is 8.50. The van der Waals surface area contributed by atoms with E-state index in [1.807, 2.05) is 42.5 Å². The Hall–Kier alpha value is -1.79. The van der Waals surface area contributed by atoms with Gasteiger partial charge in [-0.05, 0) is 30.3 Å². The third kappa shape index (κ3) is 3.11. The Bertz CT molecular complexity index is 863. The Kier molecular flexibility index (Phi) is 3.98. The van der Waals surface area contributed by atoms with E-state index >= 15 is 0 Å². The molecule has 4 nitrogen and oxygen atoms in total. The molecule has 2 aromatic carbocycles. The predicted octanol–water partition coefficient (Wildman–Crippen LogP) is 3.56. The van der Waals surface area contributed by atoms with Gasteiger partial charge in [-0.1, -0.05) is 28.1 Å². The van der Waals surface area contributed by atoms with Gasteiger partial charge in [0, 0.05) is 20.8 Å². The zero-order valence-electron chi connectivity index (χ0n) is 11.0. The highest BCUT2D eigenvalue weighted by Crippen LogP contribution is 2.29. The normalized spacial score (nSPS) is 10.9. The van der Waals surface area contributed by atoms with Gasteiger partial charge >= 0.3 is 0 Å². The molecule has 6 heteroatoms. The molecule has 106 valence electrons. The number of para-hydroxylation sites is 2. The Morgan fingerprint density at radius 2 is 2.05 bits per heavy atom. The number of rotatable bonds is 3. The standard InChI is InChI=1S/C15H12BrN3OS/c16-9-5-6-10(17)14(7-9)21-8-13-15(20)19-12-4-2-1-3-11(12)18-13/h1-7H,8,17H2,(H,19,20). The molecule has 0 atom stereocenters. The molecule has 1 heterocycles. The molecule has 0 saturated heterocycles. The van der Waals surface area contributed by atoms with Crippen molar-refractivity contribution in [3.63, 3.8) is 0 Å². The molecule has 0 amide bonds. The van der Waals surface area contributed by atoms with Crippen molar-refractivity contribution >= 4 is 44.4 Å². The molecule has 0 spiro atoms. The minimum Gasteiger partial charge on any atom is -0.398 e. The number of nitrogens with two attached hydrogens (primary N) is 1. The van der Waals surface area contributed by atoms with Gasteiger partial charge in [-0.2, -0.15) is 0 Å². The number of anilines is 1. The number of hydrogen-bond donors (Lipinski definition) is 2. The van der Waals surface area contributed by atoms with E-state index in [1.54, 1.807) is 0 Å². The second-order valence-electron chi connectivity index (χ2n) is 4.50. The van der Waals surface area contributed by atoms with Gasteiger partial charge in [0.05, 0.1) is 11.0 Å². The van der Waals surface area contributed by atoms with Crippen molar-refractivity contribution in [2.24, 2.45) is 0 Å². The summed E-state index contributed by atoms with van der Waals surface area (Å²) in [6.45, 7) is 0. The second-order valence-corrected chi connectivity index (χ2v) is 6.43. The van der Waals surface area contributed by atoms with E-state index in [2.05, 4.69) is 25.9 Å². The first kappa shape index (κ1) is 14.2. The maximum atomic E-state index is 12.0. The van der Waals surface area contributed by atoms with E-state index in [-0.39, 0.29) is 5.56 Å². The third-order valence-corrected chi connectivity index (χ3v) is 4.59. The van der Waals surface area contributed by atoms with Gasteiger partial charge in [-0.25, -0.2) is 4.98 Å². The molecule has 0 aliphatic carbocycles. The number of aromatic amines is 1. The van der Waals surface area contributed by atoms with Crippen LogP contribution in [0.5, 0.6) is 0 Å².